The summed E-state index contributed by atoms with van der Waals surface area (Å²) in [4.78, 5) is 31.1. The number of nitrogens with one attached hydrogen (secondary N) is 2. The number of amides is 1. The molecule has 7 rings (SSSR count). The van der Waals surface area contributed by atoms with Crippen molar-refractivity contribution in [1.82, 2.24) is 30.4 Å². The number of aliphatic hydroxyl groups excluding tert-OH is 1. The first-order valence-electron chi connectivity index (χ1n) is 14.1. The van der Waals surface area contributed by atoms with Gasteiger partial charge in [0.05, 0.1) is 41.1 Å². The van der Waals surface area contributed by atoms with Crippen LogP contribution in [-0.2, 0) is 0 Å². The first-order valence-corrected chi connectivity index (χ1v) is 14.1. The van der Waals surface area contributed by atoms with Crippen LogP contribution in [0.15, 0.2) is 53.2 Å². The molecule has 4 aromatic heterocycles. The van der Waals surface area contributed by atoms with Crippen LogP contribution in [0.4, 0.5) is 0 Å². The molecule has 1 amide bonds. The van der Waals surface area contributed by atoms with Crippen molar-refractivity contribution < 1.29 is 19.2 Å². The molecule has 1 aliphatic rings. The van der Waals surface area contributed by atoms with E-state index in [4.69, 9.17) is 19.2 Å². The second kappa shape index (κ2) is 10.2. The zero-order valence-electron chi connectivity index (χ0n) is 23.6. The Hall–Kier alpha value is -4.83. The number of benzene rings is 2. The van der Waals surface area contributed by atoms with Crippen LogP contribution in [-0.4, -0.2) is 55.4 Å². The third-order valence-electron chi connectivity index (χ3n) is 8.21. The molecule has 10 heteroatoms. The van der Waals surface area contributed by atoms with Crippen molar-refractivity contribution in [3.8, 4) is 28.1 Å². The van der Waals surface area contributed by atoms with Crippen LogP contribution in [0.25, 0.3) is 55.2 Å². The van der Waals surface area contributed by atoms with E-state index in [-0.39, 0.29) is 23.9 Å². The Labute approximate surface area is 241 Å². The predicted molar refractivity (Wildman–Crippen MR) is 159 cm³/mol. The fraction of sp³-hybridized carbons (Fsp3) is 0.281. The largest absolute Gasteiger partial charge is 0.496 e. The Morgan fingerprint density at radius 2 is 1.86 bits per heavy atom. The number of fused-ring (bicyclic) bond motifs is 4. The zero-order chi connectivity index (χ0) is 29.0. The molecular weight excluding hydrogens is 532 g/mol. The number of hydrogen-bond acceptors (Lipinski definition) is 8. The maximum atomic E-state index is 13.5. The van der Waals surface area contributed by atoms with Gasteiger partial charge in [0, 0.05) is 39.7 Å². The predicted octanol–water partition coefficient (Wildman–Crippen LogP) is 5.64. The Kier molecular flexibility index (Phi) is 6.35. The van der Waals surface area contributed by atoms with Crippen LogP contribution in [0.3, 0.4) is 0 Å². The molecule has 0 atom stereocenters. The fourth-order valence-corrected chi connectivity index (χ4v) is 6.12. The number of nitrogens with zero attached hydrogens (tertiary/aromatic N) is 4. The van der Waals surface area contributed by atoms with Crippen LogP contribution in [0.1, 0.15) is 47.8 Å². The quantitative estimate of drug-likeness (QED) is 0.245. The molecule has 0 bridgehead atoms. The molecule has 10 nitrogen and oxygen atoms in total. The Bertz CT molecular complexity index is 1960. The van der Waals surface area contributed by atoms with E-state index in [1.54, 1.807) is 13.3 Å². The van der Waals surface area contributed by atoms with Crippen molar-refractivity contribution in [1.29, 1.82) is 0 Å². The minimum atomic E-state index is -0.342. The second-order valence-electron chi connectivity index (χ2n) is 10.9. The molecule has 1 fully saturated rings. The van der Waals surface area contributed by atoms with Gasteiger partial charge in [-0.2, -0.15) is 0 Å². The lowest BCUT2D eigenvalue weighted by molar-refractivity contribution is 0.0859. The molecule has 42 heavy (non-hydrogen) atoms. The van der Waals surface area contributed by atoms with E-state index >= 15 is 0 Å². The van der Waals surface area contributed by atoms with Gasteiger partial charge in [-0.3, -0.25) is 9.78 Å². The summed E-state index contributed by atoms with van der Waals surface area (Å²) in [6.07, 6.45) is 4.20. The molecule has 212 valence electrons. The molecule has 0 unspecified atom stereocenters. The number of aromatic nitrogens is 5. The van der Waals surface area contributed by atoms with Gasteiger partial charge in [-0.25, -0.2) is 9.97 Å². The fourth-order valence-electron chi connectivity index (χ4n) is 6.12. The molecule has 0 aliphatic heterocycles. The Morgan fingerprint density at radius 1 is 1.05 bits per heavy atom. The highest BCUT2D eigenvalue weighted by molar-refractivity contribution is 6.16. The molecule has 2 aromatic carbocycles. The molecule has 0 saturated heterocycles. The molecule has 4 heterocycles. The van der Waals surface area contributed by atoms with Gasteiger partial charge in [-0.15, -0.1) is 0 Å². The number of hydrogen-bond donors (Lipinski definition) is 3. The van der Waals surface area contributed by atoms with Crippen LogP contribution in [0, 0.1) is 13.8 Å². The van der Waals surface area contributed by atoms with E-state index in [0.29, 0.717) is 48.5 Å². The first-order chi connectivity index (χ1) is 20.4. The van der Waals surface area contributed by atoms with E-state index in [1.807, 2.05) is 56.3 Å². The summed E-state index contributed by atoms with van der Waals surface area (Å²) in [6.45, 7) is 3.77. The van der Waals surface area contributed by atoms with Crippen molar-refractivity contribution >= 4 is 38.7 Å². The lowest BCUT2D eigenvalue weighted by Crippen LogP contribution is -2.39. The highest BCUT2D eigenvalue weighted by Crippen LogP contribution is 2.42. The zero-order valence-corrected chi connectivity index (χ0v) is 23.6. The van der Waals surface area contributed by atoms with Crippen molar-refractivity contribution in [3.05, 3.63) is 65.9 Å². The number of carbonyl (C=O) groups is 1. The number of methoxy groups -OCH3 is 1. The van der Waals surface area contributed by atoms with Crippen molar-refractivity contribution in [2.45, 2.75) is 51.7 Å². The van der Waals surface area contributed by atoms with Gasteiger partial charge in [0.15, 0.2) is 0 Å². The maximum Gasteiger partial charge on any atom is 0.289 e. The average molecular weight is 563 g/mol. The smallest absolute Gasteiger partial charge is 0.289 e. The van der Waals surface area contributed by atoms with Gasteiger partial charge in [0.25, 0.3) is 5.91 Å². The molecular formula is C32H30N6O4. The Balaban J connectivity index is 1.46. The summed E-state index contributed by atoms with van der Waals surface area (Å²) in [7, 11) is 1.64. The number of H-pyrrole nitrogens is 1. The standard InChI is InChI=1S/C32H30N6O4/c1-16-27(17(2)42-38-16)23-14-25-22(15-26(23)41-3)28-29(21-12-13-33-24-7-5-4-6-20(21)24)36-31(37-30(28)35-25)32(40)34-18-8-10-19(39)11-9-18/h4-7,12-15,18-19,39H,8-11H2,1-3H3,(H,34,40)(H,35,36,37). The summed E-state index contributed by atoms with van der Waals surface area (Å²) in [5.74, 6) is 1.09. The monoisotopic (exact) mass is 562 g/mol. The highest BCUT2D eigenvalue weighted by atomic mass is 16.5. The summed E-state index contributed by atoms with van der Waals surface area (Å²) < 4.78 is 11.3. The van der Waals surface area contributed by atoms with E-state index in [9.17, 15) is 9.90 Å². The minimum Gasteiger partial charge on any atom is -0.496 e. The van der Waals surface area contributed by atoms with Crippen LogP contribution in [0.2, 0.25) is 0 Å². The van der Waals surface area contributed by atoms with Crippen LogP contribution < -0.4 is 10.1 Å². The summed E-state index contributed by atoms with van der Waals surface area (Å²) in [5.41, 5.74) is 6.13. The van der Waals surface area contributed by atoms with Gasteiger partial charge in [-0.1, -0.05) is 23.4 Å². The molecule has 6 aromatic rings. The number of para-hydroxylation sites is 1. The number of aromatic amines is 1. The second-order valence-corrected chi connectivity index (χ2v) is 10.9. The molecule has 0 spiro atoms. The number of carbonyl (C=O) groups excluding carboxylic acids is 1. The van der Waals surface area contributed by atoms with Gasteiger partial charge in [0.1, 0.15) is 17.2 Å². The van der Waals surface area contributed by atoms with Crippen molar-refractivity contribution in [2.75, 3.05) is 7.11 Å². The highest BCUT2D eigenvalue weighted by Gasteiger charge is 2.26. The molecule has 0 radical (unpaired) electrons. The van der Waals surface area contributed by atoms with Gasteiger partial charge >= 0.3 is 0 Å². The third-order valence-corrected chi connectivity index (χ3v) is 8.21. The van der Waals surface area contributed by atoms with E-state index in [2.05, 4.69) is 20.4 Å². The number of rotatable bonds is 5. The van der Waals surface area contributed by atoms with Crippen molar-refractivity contribution in [2.24, 2.45) is 0 Å². The van der Waals surface area contributed by atoms with E-state index in [0.717, 1.165) is 49.6 Å². The average Bonchev–Trinajstić information content (AvgIpc) is 3.54. The van der Waals surface area contributed by atoms with Crippen molar-refractivity contribution in [3.63, 3.8) is 0 Å². The Morgan fingerprint density at radius 3 is 2.62 bits per heavy atom. The van der Waals surface area contributed by atoms with E-state index < -0.39 is 0 Å². The van der Waals surface area contributed by atoms with E-state index in [1.165, 1.54) is 0 Å². The lowest BCUT2D eigenvalue weighted by Gasteiger charge is -2.25. The minimum absolute atomic E-state index is 0.0324. The van der Waals surface area contributed by atoms with Gasteiger partial charge in [0.2, 0.25) is 5.82 Å². The SMILES string of the molecule is COc1cc2c(cc1-c1c(C)noc1C)[nH]c1nc(C(=O)NC3CCC(O)CC3)nc(-c3ccnc4ccccc34)c12. The normalized spacial score (nSPS) is 17.2. The molecule has 3 N–H and O–H groups in total. The maximum absolute atomic E-state index is 13.5. The van der Waals surface area contributed by atoms with Gasteiger partial charge in [-0.05, 0) is 63.8 Å². The number of ether oxygens (including phenoxy) is 1. The summed E-state index contributed by atoms with van der Waals surface area (Å²) in [5, 5.41) is 19.7. The summed E-state index contributed by atoms with van der Waals surface area (Å²) >= 11 is 0. The first kappa shape index (κ1) is 26.1. The molecule has 1 saturated carbocycles. The third kappa shape index (κ3) is 4.35. The number of aryl methyl sites for hydroxylation is 2. The summed E-state index contributed by atoms with van der Waals surface area (Å²) in [6, 6.07) is 13.7. The van der Waals surface area contributed by atoms with Crippen LogP contribution >= 0.6 is 0 Å². The lowest BCUT2D eigenvalue weighted by atomic mass is 9.93. The number of pyridine rings is 1. The topological polar surface area (TPSA) is 139 Å². The van der Waals surface area contributed by atoms with Gasteiger partial charge < -0.3 is 24.7 Å². The number of aliphatic hydroxyl groups is 1. The molecule has 1 aliphatic carbocycles. The van der Waals surface area contributed by atoms with Crippen LogP contribution in [0.5, 0.6) is 5.75 Å².